The van der Waals surface area contributed by atoms with Crippen molar-refractivity contribution >= 4 is 0 Å². The lowest BCUT2D eigenvalue weighted by Gasteiger charge is -2.35. The minimum absolute atomic E-state index is 0.732. The Morgan fingerprint density at radius 2 is 2.16 bits per heavy atom. The first kappa shape index (κ1) is 13.2. The van der Waals surface area contributed by atoms with E-state index in [0.717, 1.165) is 17.9 Å². The molecule has 1 nitrogen and oxygen atoms in total. The lowest BCUT2D eigenvalue weighted by atomic mass is 9.72. The van der Waals surface area contributed by atoms with Crippen molar-refractivity contribution in [2.75, 3.05) is 6.54 Å². The van der Waals surface area contributed by atoms with Gasteiger partial charge in [-0.1, -0.05) is 38.5 Å². The van der Waals surface area contributed by atoms with E-state index in [4.69, 9.17) is 0 Å². The van der Waals surface area contributed by atoms with Crippen LogP contribution in [0.5, 0.6) is 0 Å². The van der Waals surface area contributed by atoms with Crippen LogP contribution < -0.4 is 5.32 Å². The second-order valence-corrected chi connectivity index (χ2v) is 6.48. The van der Waals surface area contributed by atoms with Crippen LogP contribution in [0.15, 0.2) is 18.2 Å². The third kappa shape index (κ3) is 2.58. The fraction of sp³-hybridized carbons (Fsp3) is 0.667. The highest BCUT2D eigenvalue weighted by Gasteiger charge is 2.33. The van der Waals surface area contributed by atoms with E-state index in [1.165, 1.54) is 50.6 Å². The zero-order valence-electron chi connectivity index (χ0n) is 12.4. The van der Waals surface area contributed by atoms with Crippen molar-refractivity contribution in [1.29, 1.82) is 0 Å². The molecule has 1 heteroatoms. The van der Waals surface area contributed by atoms with Gasteiger partial charge in [0, 0.05) is 6.04 Å². The highest BCUT2D eigenvalue weighted by Crippen LogP contribution is 2.39. The summed E-state index contributed by atoms with van der Waals surface area (Å²) >= 11 is 0. The van der Waals surface area contributed by atoms with Crippen molar-refractivity contribution in [3.8, 4) is 0 Å². The van der Waals surface area contributed by atoms with Crippen LogP contribution in [0.25, 0.3) is 0 Å². The number of benzene rings is 1. The van der Waals surface area contributed by atoms with Gasteiger partial charge in [0.05, 0.1) is 0 Å². The summed E-state index contributed by atoms with van der Waals surface area (Å²) in [5, 5.41) is 3.72. The predicted molar refractivity (Wildman–Crippen MR) is 81.7 cm³/mol. The van der Waals surface area contributed by atoms with Gasteiger partial charge in [-0.15, -0.1) is 0 Å². The Balaban J connectivity index is 1.81. The van der Waals surface area contributed by atoms with Crippen LogP contribution in [-0.2, 0) is 12.8 Å². The molecule has 1 fully saturated rings. The van der Waals surface area contributed by atoms with Gasteiger partial charge in [-0.3, -0.25) is 0 Å². The molecule has 0 aromatic heterocycles. The maximum Gasteiger partial charge on any atom is 0.0102 e. The third-order valence-electron chi connectivity index (χ3n) is 5.24. The Bertz CT molecular complexity index is 431. The molecule has 1 unspecified atom stereocenters. The molecule has 1 aromatic carbocycles. The minimum atomic E-state index is 0.732. The molecule has 3 atom stereocenters. The highest BCUT2D eigenvalue weighted by molar-refractivity contribution is 5.37. The maximum absolute atomic E-state index is 3.72. The molecular formula is C18H27N. The number of fused-ring (bicyclic) bond motifs is 1. The fourth-order valence-electron chi connectivity index (χ4n) is 4.19. The Labute approximate surface area is 117 Å². The Morgan fingerprint density at radius 3 is 2.89 bits per heavy atom. The summed E-state index contributed by atoms with van der Waals surface area (Å²) in [7, 11) is 0. The predicted octanol–water partition coefficient (Wildman–Crippen LogP) is 4.06. The lowest BCUT2D eigenvalue weighted by Crippen LogP contribution is -2.36. The molecule has 3 rings (SSSR count). The second-order valence-electron chi connectivity index (χ2n) is 6.48. The first-order valence-electron chi connectivity index (χ1n) is 8.14. The molecular weight excluding hydrogens is 230 g/mol. The number of nitrogens with one attached hydrogen (secondary N) is 1. The van der Waals surface area contributed by atoms with Crippen LogP contribution in [0.2, 0.25) is 0 Å². The number of hydrogen-bond acceptors (Lipinski definition) is 1. The molecule has 0 amide bonds. The van der Waals surface area contributed by atoms with E-state index in [1.54, 1.807) is 11.1 Å². The average molecular weight is 257 g/mol. The first-order chi connectivity index (χ1) is 9.29. The molecule has 2 aliphatic rings. The Kier molecular flexibility index (Phi) is 3.93. The minimum Gasteiger partial charge on any atom is -0.314 e. The van der Waals surface area contributed by atoms with E-state index >= 15 is 0 Å². The largest absolute Gasteiger partial charge is 0.314 e. The number of rotatable bonds is 3. The van der Waals surface area contributed by atoms with Gasteiger partial charge in [0.2, 0.25) is 0 Å². The van der Waals surface area contributed by atoms with Gasteiger partial charge in [-0.25, -0.2) is 0 Å². The fourth-order valence-corrected chi connectivity index (χ4v) is 4.19. The number of aryl methyl sites for hydroxylation is 2. The van der Waals surface area contributed by atoms with Crippen molar-refractivity contribution in [3.05, 3.63) is 34.9 Å². The third-order valence-corrected chi connectivity index (χ3v) is 5.24. The molecule has 1 aromatic rings. The van der Waals surface area contributed by atoms with E-state index in [0.29, 0.717) is 0 Å². The molecule has 1 saturated heterocycles. The van der Waals surface area contributed by atoms with E-state index in [-0.39, 0.29) is 0 Å². The van der Waals surface area contributed by atoms with Gasteiger partial charge in [0.25, 0.3) is 0 Å². The van der Waals surface area contributed by atoms with E-state index < -0.39 is 0 Å². The second kappa shape index (κ2) is 5.66. The highest BCUT2D eigenvalue weighted by atomic mass is 14.9. The van der Waals surface area contributed by atoms with Crippen molar-refractivity contribution in [2.24, 2.45) is 5.92 Å². The Hall–Kier alpha value is -0.820. The molecule has 1 N–H and O–H groups in total. The molecule has 0 saturated carbocycles. The summed E-state index contributed by atoms with van der Waals surface area (Å²) in [5.74, 6) is 1.59. The van der Waals surface area contributed by atoms with Crippen LogP contribution in [0.3, 0.4) is 0 Å². The summed E-state index contributed by atoms with van der Waals surface area (Å²) in [5.41, 5.74) is 4.79. The summed E-state index contributed by atoms with van der Waals surface area (Å²) in [6.07, 6.45) is 7.91. The van der Waals surface area contributed by atoms with Gasteiger partial charge in [-0.05, 0) is 67.2 Å². The molecule has 0 bridgehead atoms. The normalized spacial score (nSPS) is 30.3. The zero-order valence-corrected chi connectivity index (χ0v) is 12.4. The van der Waals surface area contributed by atoms with Crippen LogP contribution in [0, 0.1) is 5.92 Å². The van der Waals surface area contributed by atoms with E-state index in [2.05, 4.69) is 37.4 Å². The van der Waals surface area contributed by atoms with Crippen LogP contribution in [-0.4, -0.2) is 12.6 Å². The number of hydrogen-bond donors (Lipinski definition) is 1. The quantitative estimate of drug-likeness (QED) is 0.861. The topological polar surface area (TPSA) is 12.0 Å². The van der Waals surface area contributed by atoms with Gasteiger partial charge >= 0.3 is 0 Å². The SMILES string of the molecule is CCCc1ccc2c(c1)CC[C@H](C1CCCN1)[C@@H]2C. The van der Waals surface area contributed by atoms with Crippen LogP contribution >= 0.6 is 0 Å². The average Bonchev–Trinajstić information content (AvgIpc) is 2.93. The molecule has 104 valence electrons. The molecule has 1 aliphatic heterocycles. The summed E-state index contributed by atoms with van der Waals surface area (Å²) in [6, 6.07) is 8.04. The van der Waals surface area contributed by atoms with E-state index in [1.807, 2.05) is 0 Å². The molecule has 1 aliphatic carbocycles. The first-order valence-corrected chi connectivity index (χ1v) is 8.14. The summed E-state index contributed by atoms with van der Waals surface area (Å²) in [4.78, 5) is 0. The van der Waals surface area contributed by atoms with Crippen molar-refractivity contribution in [2.45, 2.75) is 64.3 Å². The van der Waals surface area contributed by atoms with Crippen LogP contribution in [0.4, 0.5) is 0 Å². The standard InChI is InChI=1S/C18H27N/c1-3-5-14-7-9-16-13(2)17(10-8-15(16)12-14)18-6-4-11-19-18/h7,9,12-13,17-19H,3-6,8,10-11H2,1-2H3/t13-,17+,18?/m1/s1. The van der Waals surface area contributed by atoms with Crippen LogP contribution in [0.1, 0.15) is 62.1 Å². The zero-order chi connectivity index (χ0) is 13.2. The molecule has 1 heterocycles. The van der Waals surface area contributed by atoms with Crippen molar-refractivity contribution in [3.63, 3.8) is 0 Å². The van der Waals surface area contributed by atoms with E-state index in [9.17, 15) is 0 Å². The lowest BCUT2D eigenvalue weighted by molar-refractivity contribution is 0.303. The molecule has 19 heavy (non-hydrogen) atoms. The smallest absolute Gasteiger partial charge is 0.0102 e. The van der Waals surface area contributed by atoms with Gasteiger partial charge in [0.15, 0.2) is 0 Å². The van der Waals surface area contributed by atoms with Gasteiger partial charge < -0.3 is 5.32 Å². The molecule has 0 radical (unpaired) electrons. The van der Waals surface area contributed by atoms with Crippen molar-refractivity contribution in [1.82, 2.24) is 5.32 Å². The maximum atomic E-state index is 3.72. The van der Waals surface area contributed by atoms with Gasteiger partial charge in [0.1, 0.15) is 0 Å². The van der Waals surface area contributed by atoms with Gasteiger partial charge in [-0.2, -0.15) is 0 Å². The monoisotopic (exact) mass is 257 g/mol. The Morgan fingerprint density at radius 1 is 1.26 bits per heavy atom. The summed E-state index contributed by atoms with van der Waals surface area (Å²) in [6.45, 7) is 5.95. The summed E-state index contributed by atoms with van der Waals surface area (Å²) < 4.78 is 0. The van der Waals surface area contributed by atoms with Crippen molar-refractivity contribution < 1.29 is 0 Å². The molecule has 0 spiro atoms.